The molecular formula is C14H15N3O2. The molecule has 0 bridgehead atoms. The number of carbonyl (C=O) groups excluding carboxylic acids is 1. The van der Waals surface area contributed by atoms with E-state index in [0.29, 0.717) is 12.4 Å². The maximum atomic E-state index is 11.7. The molecule has 2 rings (SSSR count). The van der Waals surface area contributed by atoms with Crippen LogP contribution in [-0.2, 0) is 13.2 Å². The summed E-state index contributed by atoms with van der Waals surface area (Å²) in [6.45, 7) is 0.315. The normalized spacial score (nSPS) is 9.95. The molecule has 0 aliphatic heterocycles. The number of hydrogen-bond acceptors (Lipinski definition) is 3. The SMILES string of the molecule is O=C(NCc1ccccc1CO)Nc1ccccn1. The van der Waals surface area contributed by atoms with Crippen molar-refractivity contribution in [3.63, 3.8) is 0 Å². The van der Waals surface area contributed by atoms with Crippen LogP contribution in [0.3, 0.4) is 0 Å². The van der Waals surface area contributed by atoms with Gasteiger partial charge in [0.25, 0.3) is 0 Å². The van der Waals surface area contributed by atoms with Crippen molar-refractivity contribution < 1.29 is 9.90 Å². The first kappa shape index (κ1) is 13.0. The van der Waals surface area contributed by atoms with E-state index < -0.39 is 0 Å². The summed E-state index contributed by atoms with van der Waals surface area (Å²) in [5.41, 5.74) is 1.70. The Morgan fingerprint density at radius 3 is 2.53 bits per heavy atom. The third-order valence-electron chi connectivity index (χ3n) is 2.63. The number of anilines is 1. The molecule has 5 heteroatoms. The zero-order chi connectivity index (χ0) is 13.5. The van der Waals surface area contributed by atoms with E-state index in [2.05, 4.69) is 15.6 Å². The fourth-order valence-corrected chi connectivity index (χ4v) is 1.66. The third-order valence-corrected chi connectivity index (χ3v) is 2.63. The summed E-state index contributed by atoms with van der Waals surface area (Å²) in [6.07, 6.45) is 1.61. The zero-order valence-electron chi connectivity index (χ0n) is 10.3. The highest BCUT2D eigenvalue weighted by Gasteiger charge is 2.04. The lowest BCUT2D eigenvalue weighted by atomic mass is 10.1. The number of amides is 2. The standard InChI is InChI=1S/C14H15N3O2/c18-10-12-6-2-1-5-11(12)9-16-14(19)17-13-7-3-4-8-15-13/h1-8,18H,9-10H2,(H2,15,16,17,19). The number of rotatable bonds is 4. The Kier molecular flexibility index (Phi) is 4.47. The molecule has 0 fully saturated rings. The Morgan fingerprint density at radius 2 is 1.84 bits per heavy atom. The minimum Gasteiger partial charge on any atom is -0.392 e. The minimum atomic E-state index is -0.327. The lowest BCUT2D eigenvalue weighted by molar-refractivity contribution is 0.251. The molecular weight excluding hydrogens is 242 g/mol. The summed E-state index contributed by atoms with van der Waals surface area (Å²) >= 11 is 0. The Labute approximate surface area is 111 Å². The predicted molar refractivity (Wildman–Crippen MR) is 72.5 cm³/mol. The van der Waals surface area contributed by atoms with E-state index in [1.54, 1.807) is 24.4 Å². The molecule has 1 heterocycles. The van der Waals surface area contributed by atoms with Gasteiger partial charge in [-0.3, -0.25) is 5.32 Å². The summed E-state index contributed by atoms with van der Waals surface area (Å²) in [6, 6.07) is 12.4. The summed E-state index contributed by atoms with van der Waals surface area (Å²) in [5.74, 6) is 0.496. The maximum Gasteiger partial charge on any atom is 0.320 e. The number of nitrogens with one attached hydrogen (secondary N) is 2. The molecule has 2 aromatic rings. The van der Waals surface area contributed by atoms with Gasteiger partial charge < -0.3 is 10.4 Å². The molecule has 0 unspecified atom stereocenters. The maximum absolute atomic E-state index is 11.7. The molecule has 1 aromatic heterocycles. The van der Waals surface area contributed by atoms with Gasteiger partial charge in [-0.15, -0.1) is 0 Å². The van der Waals surface area contributed by atoms with Crippen molar-refractivity contribution in [1.82, 2.24) is 10.3 Å². The van der Waals surface area contributed by atoms with Crippen molar-refractivity contribution in [3.8, 4) is 0 Å². The van der Waals surface area contributed by atoms with Crippen molar-refractivity contribution in [2.45, 2.75) is 13.2 Å². The molecule has 1 aromatic carbocycles. The molecule has 0 atom stereocenters. The van der Waals surface area contributed by atoms with Gasteiger partial charge in [0.1, 0.15) is 5.82 Å². The van der Waals surface area contributed by atoms with E-state index in [1.807, 2.05) is 24.3 Å². The van der Waals surface area contributed by atoms with Crippen molar-refractivity contribution in [3.05, 3.63) is 59.8 Å². The van der Waals surface area contributed by atoms with Gasteiger partial charge in [0.05, 0.1) is 6.61 Å². The molecule has 98 valence electrons. The Hall–Kier alpha value is -2.40. The van der Waals surface area contributed by atoms with E-state index in [0.717, 1.165) is 11.1 Å². The lowest BCUT2D eigenvalue weighted by Gasteiger charge is -2.09. The molecule has 0 spiro atoms. The third kappa shape index (κ3) is 3.79. The number of pyridine rings is 1. The van der Waals surface area contributed by atoms with E-state index in [-0.39, 0.29) is 12.6 Å². The van der Waals surface area contributed by atoms with Crippen LogP contribution in [0, 0.1) is 0 Å². The molecule has 19 heavy (non-hydrogen) atoms. The lowest BCUT2D eigenvalue weighted by Crippen LogP contribution is -2.28. The second-order valence-corrected chi connectivity index (χ2v) is 3.95. The van der Waals surface area contributed by atoms with Crippen molar-refractivity contribution >= 4 is 11.8 Å². The van der Waals surface area contributed by atoms with Gasteiger partial charge in [0.15, 0.2) is 0 Å². The Bertz CT molecular complexity index is 543. The average molecular weight is 257 g/mol. The van der Waals surface area contributed by atoms with Crippen LogP contribution >= 0.6 is 0 Å². The highest BCUT2D eigenvalue weighted by molar-refractivity contribution is 5.88. The smallest absolute Gasteiger partial charge is 0.320 e. The molecule has 0 aliphatic carbocycles. The van der Waals surface area contributed by atoms with Gasteiger partial charge in [-0.2, -0.15) is 0 Å². The molecule has 0 radical (unpaired) electrons. The van der Waals surface area contributed by atoms with Gasteiger partial charge in [-0.05, 0) is 23.3 Å². The number of benzene rings is 1. The van der Waals surface area contributed by atoms with Gasteiger partial charge in [-0.1, -0.05) is 30.3 Å². The summed E-state index contributed by atoms with van der Waals surface area (Å²) < 4.78 is 0. The first-order valence-corrected chi connectivity index (χ1v) is 5.93. The highest BCUT2D eigenvalue weighted by Crippen LogP contribution is 2.08. The van der Waals surface area contributed by atoms with Crippen LogP contribution in [0.5, 0.6) is 0 Å². The molecule has 0 aliphatic rings. The molecule has 2 amide bonds. The zero-order valence-corrected chi connectivity index (χ0v) is 10.3. The fraction of sp³-hybridized carbons (Fsp3) is 0.143. The van der Waals surface area contributed by atoms with Crippen LogP contribution in [0.2, 0.25) is 0 Å². The Balaban J connectivity index is 1.90. The van der Waals surface area contributed by atoms with Crippen LogP contribution in [0.15, 0.2) is 48.7 Å². The fourth-order valence-electron chi connectivity index (χ4n) is 1.66. The first-order valence-electron chi connectivity index (χ1n) is 5.93. The second-order valence-electron chi connectivity index (χ2n) is 3.95. The number of carbonyl (C=O) groups is 1. The van der Waals surface area contributed by atoms with Crippen molar-refractivity contribution in [2.75, 3.05) is 5.32 Å². The molecule has 3 N–H and O–H groups in total. The number of nitrogens with zero attached hydrogens (tertiary/aromatic N) is 1. The van der Waals surface area contributed by atoms with Crippen LogP contribution < -0.4 is 10.6 Å². The van der Waals surface area contributed by atoms with Crippen LogP contribution in [0.25, 0.3) is 0 Å². The molecule has 0 saturated carbocycles. The van der Waals surface area contributed by atoms with Crippen LogP contribution in [0.4, 0.5) is 10.6 Å². The summed E-state index contributed by atoms with van der Waals surface area (Å²) in [4.78, 5) is 15.7. The van der Waals surface area contributed by atoms with Crippen molar-refractivity contribution in [1.29, 1.82) is 0 Å². The van der Waals surface area contributed by atoms with E-state index in [1.165, 1.54) is 0 Å². The van der Waals surface area contributed by atoms with E-state index >= 15 is 0 Å². The number of urea groups is 1. The van der Waals surface area contributed by atoms with Gasteiger partial charge in [0.2, 0.25) is 0 Å². The number of aliphatic hydroxyl groups excluding tert-OH is 1. The van der Waals surface area contributed by atoms with E-state index in [4.69, 9.17) is 0 Å². The monoisotopic (exact) mass is 257 g/mol. The quantitative estimate of drug-likeness (QED) is 0.783. The highest BCUT2D eigenvalue weighted by atomic mass is 16.3. The predicted octanol–water partition coefficient (Wildman–Crippen LogP) is 1.90. The number of aromatic nitrogens is 1. The van der Waals surface area contributed by atoms with Crippen molar-refractivity contribution in [2.24, 2.45) is 0 Å². The molecule has 0 saturated heterocycles. The largest absolute Gasteiger partial charge is 0.392 e. The average Bonchev–Trinajstić information content (AvgIpc) is 2.46. The summed E-state index contributed by atoms with van der Waals surface area (Å²) in [7, 11) is 0. The number of hydrogen-bond donors (Lipinski definition) is 3. The van der Waals surface area contributed by atoms with E-state index in [9.17, 15) is 9.90 Å². The van der Waals surface area contributed by atoms with Crippen LogP contribution in [0.1, 0.15) is 11.1 Å². The Morgan fingerprint density at radius 1 is 1.11 bits per heavy atom. The van der Waals surface area contributed by atoms with Gasteiger partial charge >= 0.3 is 6.03 Å². The second kappa shape index (κ2) is 6.51. The van der Waals surface area contributed by atoms with Gasteiger partial charge in [-0.25, -0.2) is 9.78 Å². The molecule has 5 nitrogen and oxygen atoms in total. The number of aliphatic hydroxyl groups is 1. The summed E-state index contributed by atoms with van der Waals surface area (Å²) in [5, 5.41) is 14.5. The minimum absolute atomic E-state index is 0.0420. The van der Waals surface area contributed by atoms with Gasteiger partial charge in [0, 0.05) is 12.7 Å². The van der Waals surface area contributed by atoms with Crippen LogP contribution in [-0.4, -0.2) is 16.1 Å². The topological polar surface area (TPSA) is 74.2 Å². The first-order chi connectivity index (χ1) is 9.29.